The van der Waals surface area contributed by atoms with E-state index in [0.29, 0.717) is 0 Å². The number of rotatable bonds is 3. The zero-order valence-corrected chi connectivity index (χ0v) is 12.4. The van der Waals surface area contributed by atoms with Crippen molar-refractivity contribution in [1.29, 1.82) is 0 Å². The van der Waals surface area contributed by atoms with E-state index in [1.807, 2.05) is 6.92 Å². The number of aryl methyl sites for hydroxylation is 1. The molecule has 1 unspecified atom stereocenters. The van der Waals surface area contributed by atoms with Crippen LogP contribution in [0.15, 0.2) is 50.7 Å². The minimum absolute atomic E-state index is 0.0238. The summed E-state index contributed by atoms with van der Waals surface area (Å²) in [6, 6.07) is 6.37. The molecule has 1 heterocycles. The molecular weight excluding hydrogens is 292 g/mol. The molecule has 1 aliphatic heterocycles. The van der Waals surface area contributed by atoms with Gasteiger partial charge in [-0.1, -0.05) is 23.8 Å². The summed E-state index contributed by atoms with van der Waals surface area (Å²) in [5.74, 6) is -1.05. The number of ether oxygens (including phenoxy) is 1. The van der Waals surface area contributed by atoms with Crippen LogP contribution in [-0.4, -0.2) is 33.5 Å². The smallest absolute Gasteiger partial charge is 0.318 e. The third kappa shape index (κ3) is 3.63. The van der Waals surface area contributed by atoms with E-state index in [4.69, 9.17) is 0 Å². The minimum Gasteiger partial charge on any atom is -0.468 e. The Morgan fingerprint density at radius 3 is 2.48 bits per heavy atom. The average Bonchev–Trinajstić information content (AvgIpc) is 2.47. The summed E-state index contributed by atoms with van der Waals surface area (Å²) in [4.78, 5) is 15.3. The maximum Gasteiger partial charge on any atom is 0.318 e. The van der Waals surface area contributed by atoms with Crippen molar-refractivity contribution in [2.24, 2.45) is 15.3 Å². The molecule has 0 saturated heterocycles. The summed E-state index contributed by atoms with van der Waals surface area (Å²) < 4.78 is 32.4. The highest BCUT2D eigenvalue weighted by molar-refractivity contribution is 7.90. The Morgan fingerprint density at radius 1 is 1.29 bits per heavy atom. The molecule has 1 aromatic carbocycles. The molecule has 2 rings (SSSR count). The number of hydrogen-bond donors (Lipinski definition) is 0. The monoisotopic (exact) mass is 306 g/mol. The number of carbonyl (C=O) groups excluding carboxylic acids is 1. The fraction of sp³-hybridized carbons (Fsp3) is 0.214. The molecule has 0 amide bonds. The second-order valence-corrected chi connectivity index (χ2v) is 6.03. The van der Waals surface area contributed by atoms with Crippen LogP contribution in [0.1, 0.15) is 5.56 Å². The van der Waals surface area contributed by atoms with Crippen LogP contribution in [0.3, 0.4) is 0 Å². The summed E-state index contributed by atoms with van der Waals surface area (Å²) in [6.07, 6.45) is 4.17. The van der Waals surface area contributed by atoms with E-state index in [2.05, 4.69) is 14.1 Å². The van der Waals surface area contributed by atoms with Gasteiger partial charge in [-0.3, -0.25) is 4.79 Å². The van der Waals surface area contributed by atoms with Crippen molar-refractivity contribution in [3.8, 4) is 0 Å². The predicted molar refractivity (Wildman–Crippen MR) is 78.9 cm³/mol. The molecular formula is C14H14N2O4S. The molecule has 0 aromatic heterocycles. The van der Waals surface area contributed by atoms with E-state index >= 15 is 0 Å². The van der Waals surface area contributed by atoms with Gasteiger partial charge < -0.3 is 4.74 Å². The van der Waals surface area contributed by atoms with E-state index in [1.54, 1.807) is 12.1 Å². The molecule has 7 heteroatoms. The summed E-state index contributed by atoms with van der Waals surface area (Å²) in [5.41, 5.74) is 0.957. The maximum absolute atomic E-state index is 12.1. The van der Waals surface area contributed by atoms with Crippen molar-refractivity contribution in [1.82, 2.24) is 0 Å². The first-order valence-electron chi connectivity index (χ1n) is 6.14. The number of carbonyl (C=O) groups is 1. The molecule has 0 radical (unpaired) electrons. The predicted octanol–water partition coefficient (Wildman–Crippen LogP) is 1.51. The first-order chi connectivity index (χ1) is 9.92. The van der Waals surface area contributed by atoms with Crippen LogP contribution in [0.25, 0.3) is 0 Å². The van der Waals surface area contributed by atoms with Crippen LogP contribution in [-0.2, 0) is 19.6 Å². The fourth-order valence-corrected chi connectivity index (χ4v) is 2.59. The quantitative estimate of drug-likeness (QED) is 0.792. The van der Waals surface area contributed by atoms with Gasteiger partial charge in [-0.05, 0) is 25.1 Å². The molecule has 0 N–H and O–H groups in total. The van der Waals surface area contributed by atoms with Crippen LogP contribution in [0.4, 0.5) is 0 Å². The summed E-state index contributed by atoms with van der Waals surface area (Å²) in [6.45, 7) is 1.86. The molecule has 0 fully saturated rings. The highest BCUT2D eigenvalue weighted by Gasteiger charge is 2.18. The minimum atomic E-state index is -3.81. The van der Waals surface area contributed by atoms with Crippen molar-refractivity contribution in [2.75, 3.05) is 7.11 Å². The van der Waals surface area contributed by atoms with Gasteiger partial charge in [-0.15, -0.1) is 4.40 Å². The van der Waals surface area contributed by atoms with Gasteiger partial charge in [0.1, 0.15) is 5.92 Å². The van der Waals surface area contributed by atoms with Crippen LogP contribution >= 0.6 is 0 Å². The van der Waals surface area contributed by atoms with Gasteiger partial charge in [0.15, 0.2) is 5.84 Å². The number of benzene rings is 1. The third-order valence-electron chi connectivity index (χ3n) is 2.83. The Balaban J connectivity index is 2.23. The van der Waals surface area contributed by atoms with Gasteiger partial charge in [0, 0.05) is 6.21 Å². The van der Waals surface area contributed by atoms with Crippen LogP contribution in [0.5, 0.6) is 0 Å². The SMILES string of the molecule is COC(=O)C1C=C/C(=N/S(=O)(=O)c2ccc(C)cc2)N=C1. The Kier molecular flexibility index (Phi) is 4.32. The topological polar surface area (TPSA) is 85.2 Å². The summed E-state index contributed by atoms with van der Waals surface area (Å²) in [5, 5.41) is 0. The average molecular weight is 306 g/mol. The molecule has 1 atom stereocenters. The lowest BCUT2D eigenvalue weighted by atomic mass is 10.1. The largest absolute Gasteiger partial charge is 0.468 e. The second-order valence-electron chi connectivity index (χ2n) is 4.42. The number of sulfonamides is 1. The Morgan fingerprint density at radius 2 is 1.95 bits per heavy atom. The van der Waals surface area contributed by atoms with Gasteiger partial charge >= 0.3 is 5.97 Å². The number of amidine groups is 1. The fourth-order valence-electron chi connectivity index (χ4n) is 1.65. The normalized spacial score (nSPS) is 19.7. The molecule has 21 heavy (non-hydrogen) atoms. The van der Waals surface area contributed by atoms with E-state index in [0.717, 1.165) is 5.56 Å². The van der Waals surface area contributed by atoms with Gasteiger partial charge in [0.25, 0.3) is 10.0 Å². The Labute approximate surface area is 122 Å². The van der Waals surface area contributed by atoms with Crippen LogP contribution < -0.4 is 0 Å². The number of methoxy groups -OCH3 is 1. The van der Waals surface area contributed by atoms with Crippen molar-refractivity contribution >= 4 is 28.0 Å². The van der Waals surface area contributed by atoms with E-state index in [-0.39, 0.29) is 10.7 Å². The van der Waals surface area contributed by atoms with Crippen molar-refractivity contribution < 1.29 is 17.9 Å². The Hall–Kier alpha value is -2.28. The molecule has 0 saturated carbocycles. The third-order valence-corrected chi connectivity index (χ3v) is 4.12. The summed E-state index contributed by atoms with van der Waals surface area (Å²) >= 11 is 0. The number of nitrogens with zero attached hydrogens (tertiary/aromatic N) is 2. The number of aliphatic imine (C=N–C) groups is 1. The highest BCUT2D eigenvalue weighted by atomic mass is 32.2. The molecule has 0 aliphatic carbocycles. The van der Waals surface area contributed by atoms with Gasteiger partial charge in [-0.2, -0.15) is 8.42 Å². The van der Waals surface area contributed by atoms with Crippen molar-refractivity contribution in [3.63, 3.8) is 0 Å². The maximum atomic E-state index is 12.1. The number of dihydropyridines is 1. The lowest BCUT2D eigenvalue weighted by molar-refractivity contribution is -0.141. The molecule has 1 aliphatic rings. The lowest BCUT2D eigenvalue weighted by Gasteiger charge is -2.08. The van der Waals surface area contributed by atoms with E-state index in [1.165, 1.54) is 37.6 Å². The molecule has 0 bridgehead atoms. The zero-order valence-electron chi connectivity index (χ0n) is 11.6. The lowest BCUT2D eigenvalue weighted by Crippen LogP contribution is -2.18. The highest BCUT2D eigenvalue weighted by Crippen LogP contribution is 2.15. The van der Waals surface area contributed by atoms with Crippen LogP contribution in [0, 0.1) is 12.8 Å². The number of hydrogen-bond acceptors (Lipinski definition) is 4. The Bertz CT molecular complexity index is 715. The van der Waals surface area contributed by atoms with E-state index < -0.39 is 21.9 Å². The standard InChI is InChI=1S/C14H14N2O4S/c1-10-3-6-12(7-4-10)21(18,19)16-13-8-5-11(9-15-13)14(17)20-2/h3-9,11H,1-2H3/b16-13-. The number of esters is 1. The van der Waals surface area contributed by atoms with Gasteiger partial charge in [-0.25, -0.2) is 4.99 Å². The molecule has 6 nitrogen and oxygen atoms in total. The molecule has 1 aromatic rings. The van der Waals surface area contributed by atoms with Crippen LogP contribution in [0.2, 0.25) is 0 Å². The van der Waals surface area contributed by atoms with E-state index in [9.17, 15) is 13.2 Å². The van der Waals surface area contributed by atoms with Gasteiger partial charge in [0.2, 0.25) is 0 Å². The van der Waals surface area contributed by atoms with Crippen molar-refractivity contribution in [2.45, 2.75) is 11.8 Å². The second kappa shape index (κ2) is 6.01. The van der Waals surface area contributed by atoms with Gasteiger partial charge in [0.05, 0.1) is 12.0 Å². The molecule has 0 spiro atoms. The molecule has 110 valence electrons. The van der Waals surface area contributed by atoms with Crippen molar-refractivity contribution in [3.05, 3.63) is 42.0 Å². The first kappa shape index (κ1) is 15.1. The zero-order chi connectivity index (χ0) is 15.5. The summed E-state index contributed by atoms with van der Waals surface area (Å²) in [7, 11) is -2.54. The first-order valence-corrected chi connectivity index (χ1v) is 7.58.